The fraction of sp³-hybridized carbons (Fsp3) is 0. The summed E-state index contributed by atoms with van der Waals surface area (Å²) >= 11 is 1.89. The number of hydrogen-bond donors (Lipinski definition) is 0. The molecule has 252 valence electrons. The monoisotopic (exact) mass is 705 g/mol. The first-order chi connectivity index (χ1) is 26.8. The van der Waals surface area contributed by atoms with Crippen molar-refractivity contribution in [2.75, 3.05) is 0 Å². The highest BCUT2D eigenvalue weighted by Crippen LogP contribution is 2.49. The quantitative estimate of drug-likeness (QED) is 0.178. The van der Waals surface area contributed by atoms with E-state index in [4.69, 9.17) is 9.97 Å². The SMILES string of the molecule is c1ccc(-c2ccc3sc4c(c3c2)c2ccccc2c2c4c3cc(-c4ccccc4)ccc3n2-c2cnc(-c3ccccc3)nc2-c2ccccc2)cc1. The van der Waals surface area contributed by atoms with Gasteiger partial charge in [0.15, 0.2) is 5.82 Å². The summed E-state index contributed by atoms with van der Waals surface area (Å²) in [6.07, 6.45) is 2.03. The van der Waals surface area contributed by atoms with Crippen molar-refractivity contribution in [2.45, 2.75) is 0 Å². The molecule has 54 heavy (non-hydrogen) atoms. The Morgan fingerprint density at radius 3 is 1.65 bits per heavy atom. The molecule has 0 aliphatic carbocycles. The van der Waals surface area contributed by atoms with Crippen LogP contribution in [0.2, 0.25) is 0 Å². The summed E-state index contributed by atoms with van der Waals surface area (Å²) in [5.74, 6) is 0.705. The first kappa shape index (κ1) is 30.7. The van der Waals surface area contributed by atoms with Gasteiger partial charge in [-0.25, -0.2) is 9.97 Å². The van der Waals surface area contributed by atoms with Crippen molar-refractivity contribution in [3.8, 4) is 50.6 Å². The van der Waals surface area contributed by atoms with E-state index in [1.165, 1.54) is 69.5 Å². The van der Waals surface area contributed by atoms with Gasteiger partial charge in [0.1, 0.15) is 0 Å². The number of benzene rings is 8. The molecule has 3 nitrogen and oxygen atoms in total. The molecule has 0 saturated heterocycles. The molecule has 0 amide bonds. The predicted octanol–water partition coefficient (Wildman–Crippen LogP) is 13.8. The lowest BCUT2D eigenvalue weighted by Gasteiger charge is -2.15. The molecule has 0 radical (unpaired) electrons. The van der Waals surface area contributed by atoms with E-state index in [9.17, 15) is 0 Å². The van der Waals surface area contributed by atoms with Gasteiger partial charge >= 0.3 is 0 Å². The molecule has 0 unspecified atom stereocenters. The number of hydrogen-bond acceptors (Lipinski definition) is 3. The maximum Gasteiger partial charge on any atom is 0.159 e. The second-order valence-corrected chi connectivity index (χ2v) is 14.8. The Bertz CT molecular complexity index is 3180. The van der Waals surface area contributed by atoms with Crippen LogP contribution < -0.4 is 0 Å². The van der Waals surface area contributed by atoms with Gasteiger partial charge in [-0.3, -0.25) is 0 Å². The molecule has 0 bridgehead atoms. The molecule has 8 aromatic carbocycles. The van der Waals surface area contributed by atoms with Gasteiger partial charge in [0.25, 0.3) is 0 Å². The molecular weight excluding hydrogens is 675 g/mol. The van der Waals surface area contributed by atoms with Gasteiger partial charge in [0.2, 0.25) is 0 Å². The zero-order valence-corrected chi connectivity index (χ0v) is 30.0. The van der Waals surface area contributed by atoms with E-state index in [2.05, 4.69) is 168 Å². The second-order valence-electron chi connectivity index (χ2n) is 13.7. The van der Waals surface area contributed by atoms with Crippen LogP contribution in [0.15, 0.2) is 188 Å². The van der Waals surface area contributed by atoms with Crippen molar-refractivity contribution in [3.05, 3.63) is 188 Å². The molecule has 11 aromatic rings. The smallest absolute Gasteiger partial charge is 0.159 e. The van der Waals surface area contributed by atoms with E-state index in [-0.39, 0.29) is 0 Å². The molecule has 0 fully saturated rings. The van der Waals surface area contributed by atoms with Crippen molar-refractivity contribution in [1.82, 2.24) is 14.5 Å². The standard InChI is InChI=1S/C50H31N3S/c1-5-15-32(16-6-1)36-25-27-42-40(29-36)46-48(53(42)43-31-51-50(35-21-11-4-12-22-35)52-47(43)34-19-9-3-10-20-34)39-24-14-13-23-38(39)45-41-30-37(33-17-7-2-8-18-33)26-28-44(41)54-49(45)46/h1-31H. The first-order valence-electron chi connectivity index (χ1n) is 18.2. The van der Waals surface area contributed by atoms with Gasteiger partial charge < -0.3 is 4.57 Å². The maximum absolute atomic E-state index is 5.33. The summed E-state index contributed by atoms with van der Waals surface area (Å²) < 4.78 is 5.00. The van der Waals surface area contributed by atoms with Gasteiger partial charge in [-0.2, -0.15) is 0 Å². The Balaban J connectivity index is 1.31. The van der Waals surface area contributed by atoms with Gasteiger partial charge in [0.05, 0.1) is 28.6 Å². The third kappa shape index (κ3) is 4.81. The summed E-state index contributed by atoms with van der Waals surface area (Å²) in [7, 11) is 0. The van der Waals surface area contributed by atoms with E-state index < -0.39 is 0 Å². The summed E-state index contributed by atoms with van der Waals surface area (Å²) in [6, 6.07) is 65.0. The van der Waals surface area contributed by atoms with Crippen LogP contribution in [0.4, 0.5) is 0 Å². The van der Waals surface area contributed by atoms with E-state index in [1.54, 1.807) is 0 Å². The van der Waals surface area contributed by atoms with Crippen LogP contribution in [0.1, 0.15) is 0 Å². The van der Waals surface area contributed by atoms with E-state index >= 15 is 0 Å². The molecule has 0 spiro atoms. The Morgan fingerprint density at radius 2 is 0.981 bits per heavy atom. The van der Waals surface area contributed by atoms with Crippen LogP contribution in [0, 0.1) is 0 Å². The minimum Gasteiger partial charge on any atom is -0.305 e. The van der Waals surface area contributed by atoms with Crippen LogP contribution in [0.5, 0.6) is 0 Å². The lowest BCUT2D eigenvalue weighted by Crippen LogP contribution is -2.03. The van der Waals surface area contributed by atoms with Crippen molar-refractivity contribution in [1.29, 1.82) is 0 Å². The number of aromatic nitrogens is 3. The van der Waals surface area contributed by atoms with Crippen LogP contribution in [0.25, 0.3) is 103 Å². The fourth-order valence-electron chi connectivity index (χ4n) is 8.17. The highest BCUT2D eigenvalue weighted by atomic mass is 32.1. The topological polar surface area (TPSA) is 30.7 Å². The summed E-state index contributed by atoms with van der Waals surface area (Å²) in [4.78, 5) is 10.4. The Kier molecular flexibility index (Phi) is 7.04. The average Bonchev–Trinajstić information content (AvgIpc) is 3.81. The van der Waals surface area contributed by atoms with E-state index in [1.807, 2.05) is 35.7 Å². The molecule has 0 aliphatic heterocycles. The average molecular weight is 706 g/mol. The summed E-state index contributed by atoms with van der Waals surface area (Å²) in [5, 5.41) is 7.50. The number of fused-ring (bicyclic) bond motifs is 10. The molecule has 0 N–H and O–H groups in total. The number of thiophene rings is 1. The highest BCUT2D eigenvalue weighted by Gasteiger charge is 2.24. The van der Waals surface area contributed by atoms with Crippen molar-refractivity contribution in [2.24, 2.45) is 0 Å². The fourth-order valence-corrected chi connectivity index (χ4v) is 9.43. The van der Waals surface area contributed by atoms with Gasteiger partial charge in [0, 0.05) is 47.5 Å². The van der Waals surface area contributed by atoms with Crippen LogP contribution in [0.3, 0.4) is 0 Å². The highest BCUT2D eigenvalue weighted by molar-refractivity contribution is 7.27. The minimum absolute atomic E-state index is 0.705. The molecule has 0 aliphatic rings. The molecule has 0 saturated carbocycles. The Labute approximate surface area is 316 Å². The van der Waals surface area contributed by atoms with Gasteiger partial charge in [-0.05, 0) is 51.9 Å². The second kappa shape index (κ2) is 12.4. The van der Waals surface area contributed by atoms with Crippen LogP contribution in [-0.2, 0) is 0 Å². The zero-order valence-electron chi connectivity index (χ0n) is 29.1. The molecular formula is C50H31N3S. The minimum atomic E-state index is 0.705. The van der Waals surface area contributed by atoms with Crippen LogP contribution in [-0.4, -0.2) is 14.5 Å². The third-order valence-electron chi connectivity index (χ3n) is 10.6. The zero-order chi connectivity index (χ0) is 35.6. The Morgan fingerprint density at radius 1 is 0.426 bits per heavy atom. The van der Waals surface area contributed by atoms with Crippen molar-refractivity contribution >= 4 is 64.1 Å². The van der Waals surface area contributed by atoms with Gasteiger partial charge in [-0.15, -0.1) is 11.3 Å². The van der Waals surface area contributed by atoms with Gasteiger partial charge in [-0.1, -0.05) is 158 Å². The van der Waals surface area contributed by atoms with Crippen LogP contribution >= 0.6 is 11.3 Å². The molecule has 4 heteroatoms. The first-order valence-corrected chi connectivity index (χ1v) is 19.1. The number of rotatable bonds is 5. The Hall–Kier alpha value is -6.88. The third-order valence-corrected chi connectivity index (χ3v) is 11.8. The lowest BCUT2D eigenvalue weighted by molar-refractivity contribution is 1.09. The molecule has 11 rings (SSSR count). The summed E-state index contributed by atoms with van der Waals surface area (Å²) in [6.45, 7) is 0. The molecule has 3 aromatic heterocycles. The van der Waals surface area contributed by atoms with E-state index in [0.717, 1.165) is 28.0 Å². The predicted molar refractivity (Wildman–Crippen MR) is 229 cm³/mol. The maximum atomic E-state index is 5.33. The van der Waals surface area contributed by atoms with E-state index in [0.29, 0.717) is 5.82 Å². The van der Waals surface area contributed by atoms with Crippen molar-refractivity contribution < 1.29 is 0 Å². The van der Waals surface area contributed by atoms with Crippen molar-refractivity contribution in [3.63, 3.8) is 0 Å². The summed E-state index contributed by atoms with van der Waals surface area (Å²) in [5.41, 5.74) is 11.0. The molecule has 3 heterocycles. The normalized spacial score (nSPS) is 11.7. The number of nitrogens with zero attached hydrogens (tertiary/aromatic N) is 3. The lowest BCUT2D eigenvalue weighted by atomic mass is 9.97. The largest absolute Gasteiger partial charge is 0.305 e. The molecule has 0 atom stereocenters.